The fraction of sp³-hybridized carbons (Fsp3) is 0. The molecule has 0 aliphatic carbocycles. The number of benzene rings is 1. The molecule has 60 valence electrons. The van der Waals surface area contributed by atoms with E-state index in [4.69, 9.17) is 4.55 Å². The van der Waals surface area contributed by atoms with Gasteiger partial charge in [0.1, 0.15) is 5.82 Å². The van der Waals surface area contributed by atoms with Crippen LogP contribution in [0, 0.1) is 9.39 Å². The Bertz CT molecular complexity index is 303. The predicted molar refractivity (Wildman–Crippen MR) is 48.2 cm³/mol. The van der Waals surface area contributed by atoms with Gasteiger partial charge < -0.3 is 4.55 Å². The molecule has 5 heteroatoms. The van der Waals surface area contributed by atoms with E-state index in [2.05, 4.69) is 0 Å². The number of halogens is 2. The zero-order chi connectivity index (χ0) is 8.43. The topological polar surface area (TPSA) is 37.3 Å². The van der Waals surface area contributed by atoms with Crippen LogP contribution in [0.3, 0.4) is 0 Å². The molecule has 0 heterocycles. The average molecular weight is 286 g/mol. The maximum Gasteiger partial charge on any atom is 0.187 e. The standard InChI is InChI=1S/C6H4FIO2S/c7-4-1-2-6(11(9)10)5(8)3-4/h1-3H,(H,9,10). The third-order valence-electron chi connectivity index (χ3n) is 1.08. The van der Waals surface area contributed by atoms with Crippen molar-refractivity contribution in [3.63, 3.8) is 0 Å². The molecule has 1 rings (SSSR count). The summed E-state index contributed by atoms with van der Waals surface area (Å²) >= 11 is -0.215. The maximum atomic E-state index is 12.4. The van der Waals surface area contributed by atoms with E-state index in [0.29, 0.717) is 3.57 Å². The maximum absolute atomic E-state index is 12.4. The molecule has 0 aromatic heterocycles. The highest BCUT2D eigenvalue weighted by atomic mass is 127. The largest absolute Gasteiger partial charge is 0.302 e. The molecule has 11 heavy (non-hydrogen) atoms. The van der Waals surface area contributed by atoms with Crippen LogP contribution in [-0.4, -0.2) is 8.76 Å². The van der Waals surface area contributed by atoms with E-state index >= 15 is 0 Å². The first-order valence-corrected chi connectivity index (χ1v) is 4.85. The van der Waals surface area contributed by atoms with Gasteiger partial charge in [0.05, 0.1) is 4.90 Å². The first-order valence-electron chi connectivity index (χ1n) is 2.67. The van der Waals surface area contributed by atoms with Gasteiger partial charge in [0.2, 0.25) is 0 Å². The number of hydrogen-bond acceptors (Lipinski definition) is 1. The number of rotatable bonds is 1. The van der Waals surface area contributed by atoms with E-state index in [-0.39, 0.29) is 4.90 Å². The molecule has 0 radical (unpaired) electrons. The molecule has 2 nitrogen and oxygen atoms in total. The first kappa shape index (κ1) is 9.08. The fourth-order valence-corrected chi connectivity index (χ4v) is 2.07. The Hall–Kier alpha value is -0.0100. The van der Waals surface area contributed by atoms with Crippen LogP contribution in [0.4, 0.5) is 4.39 Å². The van der Waals surface area contributed by atoms with E-state index in [1.807, 2.05) is 22.6 Å². The lowest BCUT2D eigenvalue weighted by Gasteiger charge is -1.97. The minimum atomic E-state index is -2.02. The summed E-state index contributed by atoms with van der Waals surface area (Å²) in [6.07, 6.45) is 0. The molecule has 0 fully saturated rings. The van der Waals surface area contributed by atoms with Crippen LogP contribution in [-0.2, 0) is 11.1 Å². The van der Waals surface area contributed by atoms with Crippen molar-refractivity contribution in [2.75, 3.05) is 0 Å². The molecule has 1 aromatic rings. The van der Waals surface area contributed by atoms with E-state index in [1.165, 1.54) is 12.1 Å². The lowest BCUT2D eigenvalue weighted by molar-refractivity contribution is 0.563. The second-order valence-electron chi connectivity index (χ2n) is 1.82. The minimum Gasteiger partial charge on any atom is -0.302 e. The van der Waals surface area contributed by atoms with Gasteiger partial charge >= 0.3 is 0 Å². The van der Waals surface area contributed by atoms with Gasteiger partial charge in [-0.3, -0.25) is 0 Å². The second-order valence-corrected chi connectivity index (χ2v) is 3.92. The van der Waals surface area contributed by atoms with Crippen LogP contribution in [0.5, 0.6) is 0 Å². The van der Waals surface area contributed by atoms with Crippen molar-refractivity contribution in [2.24, 2.45) is 0 Å². The van der Waals surface area contributed by atoms with Crippen molar-refractivity contribution in [3.05, 3.63) is 27.6 Å². The summed E-state index contributed by atoms with van der Waals surface area (Å²) in [5.74, 6) is -0.399. The van der Waals surface area contributed by atoms with Crippen molar-refractivity contribution in [1.29, 1.82) is 0 Å². The highest BCUT2D eigenvalue weighted by molar-refractivity contribution is 14.1. The quantitative estimate of drug-likeness (QED) is 0.633. The third-order valence-corrected chi connectivity index (χ3v) is 3.07. The van der Waals surface area contributed by atoms with Gasteiger partial charge in [-0.2, -0.15) is 0 Å². The van der Waals surface area contributed by atoms with E-state index in [9.17, 15) is 8.60 Å². The summed E-state index contributed by atoms with van der Waals surface area (Å²) < 4.78 is 32.0. The van der Waals surface area contributed by atoms with E-state index in [1.54, 1.807) is 0 Å². The Morgan fingerprint density at radius 1 is 1.55 bits per heavy atom. The smallest absolute Gasteiger partial charge is 0.187 e. The van der Waals surface area contributed by atoms with Crippen molar-refractivity contribution in [3.8, 4) is 0 Å². The predicted octanol–water partition coefficient (Wildman–Crippen LogP) is 2.01. The van der Waals surface area contributed by atoms with Crippen LogP contribution in [0.15, 0.2) is 23.1 Å². The normalized spacial score (nSPS) is 13.0. The minimum absolute atomic E-state index is 0.243. The van der Waals surface area contributed by atoms with Crippen LogP contribution < -0.4 is 0 Å². The highest BCUT2D eigenvalue weighted by Crippen LogP contribution is 2.16. The molecule has 0 spiro atoms. The van der Waals surface area contributed by atoms with E-state index in [0.717, 1.165) is 6.07 Å². The van der Waals surface area contributed by atoms with Gasteiger partial charge in [0.25, 0.3) is 0 Å². The van der Waals surface area contributed by atoms with Gasteiger partial charge in [-0.05, 0) is 40.8 Å². The van der Waals surface area contributed by atoms with Crippen LogP contribution in [0.2, 0.25) is 0 Å². The summed E-state index contributed by atoms with van der Waals surface area (Å²) in [4.78, 5) is 0.243. The van der Waals surface area contributed by atoms with Gasteiger partial charge in [-0.25, -0.2) is 8.60 Å². The molecular formula is C6H4FIO2S. The average Bonchev–Trinajstić information content (AvgIpc) is 1.85. The lowest BCUT2D eigenvalue weighted by Crippen LogP contribution is -1.92. The first-order chi connectivity index (χ1) is 5.11. The molecule has 1 atom stereocenters. The molecule has 1 aromatic carbocycles. The summed E-state index contributed by atoms with van der Waals surface area (Å²) in [6, 6.07) is 3.67. The third kappa shape index (κ3) is 2.21. The molecular weight excluding hydrogens is 282 g/mol. The lowest BCUT2D eigenvalue weighted by atomic mass is 10.3. The Morgan fingerprint density at radius 2 is 2.18 bits per heavy atom. The molecule has 0 aliphatic heterocycles. The summed E-state index contributed by atoms with van der Waals surface area (Å²) in [5.41, 5.74) is 0. The molecule has 0 aliphatic rings. The molecule has 1 N–H and O–H groups in total. The van der Waals surface area contributed by atoms with Gasteiger partial charge in [-0.1, -0.05) is 0 Å². The summed E-state index contributed by atoms with van der Waals surface area (Å²) in [6.45, 7) is 0. The Kier molecular flexibility index (Phi) is 2.97. The monoisotopic (exact) mass is 286 g/mol. The van der Waals surface area contributed by atoms with Crippen molar-refractivity contribution in [2.45, 2.75) is 4.90 Å². The Morgan fingerprint density at radius 3 is 2.64 bits per heavy atom. The zero-order valence-electron chi connectivity index (χ0n) is 5.25. The second kappa shape index (κ2) is 3.59. The highest BCUT2D eigenvalue weighted by Gasteiger charge is 2.05. The molecule has 0 amide bonds. The summed E-state index contributed by atoms with van der Waals surface area (Å²) in [5, 5.41) is 0. The van der Waals surface area contributed by atoms with Crippen LogP contribution in [0.1, 0.15) is 0 Å². The van der Waals surface area contributed by atoms with Gasteiger partial charge in [0.15, 0.2) is 11.1 Å². The Labute approximate surface area is 79.2 Å². The van der Waals surface area contributed by atoms with Crippen molar-refractivity contribution < 1.29 is 13.2 Å². The molecule has 1 unspecified atom stereocenters. The Balaban J connectivity index is 3.20. The molecule has 0 saturated heterocycles. The SMILES string of the molecule is O=S(O)c1ccc(F)cc1I. The number of hydrogen-bond donors (Lipinski definition) is 1. The van der Waals surface area contributed by atoms with E-state index < -0.39 is 16.9 Å². The van der Waals surface area contributed by atoms with Crippen molar-refractivity contribution >= 4 is 33.7 Å². The van der Waals surface area contributed by atoms with Crippen molar-refractivity contribution in [1.82, 2.24) is 0 Å². The van der Waals surface area contributed by atoms with Gasteiger partial charge in [0, 0.05) is 3.57 Å². The molecule has 0 bridgehead atoms. The zero-order valence-corrected chi connectivity index (χ0v) is 8.23. The van der Waals surface area contributed by atoms with Gasteiger partial charge in [-0.15, -0.1) is 0 Å². The van der Waals surface area contributed by atoms with Crippen LogP contribution >= 0.6 is 22.6 Å². The summed E-state index contributed by atoms with van der Waals surface area (Å²) in [7, 11) is 0. The molecule has 0 saturated carbocycles. The fourth-order valence-electron chi connectivity index (χ4n) is 0.617. The van der Waals surface area contributed by atoms with Crippen LogP contribution in [0.25, 0.3) is 0 Å².